The van der Waals surface area contributed by atoms with Gasteiger partial charge in [-0.25, -0.2) is 0 Å². The molecule has 0 bridgehead atoms. The zero-order valence-electron chi connectivity index (χ0n) is 42.3. The second-order valence-electron chi connectivity index (χ2n) is 22.6. The molecule has 0 aromatic heterocycles. The molecule has 356 valence electrons. The maximum absolute atomic E-state index is 2.51. The number of fused-ring (bicyclic) bond motifs is 20. The summed E-state index contributed by atoms with van der Waals surface area (Å²) in [5.41, 5.74) is 26.3. The third-order valence-electron chi connectivity index (χ3n) is 19.0. The Morgan fingerprint density at radius 1 is 0.253 bits per heavy atom. The summed E-state index contributed by atoms with van der Waals surface area (Å²) in [6.07, 6.45) is 14.7. The van der Waals surface area contributed by atoms with Crippen molar-refractivity contribution < 1.29 is 0 Å². The van der Waals surface area contributed by atoms with E-state index in [1.165, 1.54) is 161 Å². The fraction of sp³-hybridized carbons (Fsp3) is 0.123. The topological polar surface area (TPSA) is 0 Å². The van der Waals surface area contributed by atoms with Gasteiger partial charge in [0.15, 0.2) is 0 Å². The Balaban J connectivity index is 0.708. The lowest BCUT2D eigenvalue weighted by atomic mass is 9.70. The third kappa shape index (κ3) is 6.27. The fourth-order valence-corrected chi connectivity index (χ4v) is 26.9. The van der Waals surface area contributed by atoms with Crippen LogP contribution in [0.1, 0.15) is 70.2 Å². The quantitative estimate of drug-likeness (QED) is 0.115. The van der Waals surface area contributed by atoms with Gasteiger partial charge in [-0.15, -0.1) is 0 Å². The minimum absolute atomic E-state index is 0.429. The van der Waals surface area contributed by atoms with Crippen LogP contribution in [0.5, 0.6) is 0 Å². The second kappa shape index (κ2) is 16.6. The van der Waals surface area contributed by atoms with Crippen molar-refractivity contribution in [2.75, 3.05) is 0 Å². The first-order chi connectivity index (χ1) is 37.1. The largest absolute Gasteiger partial charge is 0.119 e. The monoisotopic (exact) mass is 988 g/mol. The molecular weight excluding hydrogens is 933 g/mol. The molecule has 2 saturated heterocycles. The van der Waals surface area contributed by atoms with Crippen molar-refractivity contribution in [2.24, 2.45) is 0 Å². The lowest BCUT2D eigenvalue weighted by Crippen LogP contribution is -2.52. The molecule has 0 amide bonds. The number of benzene rings is 10. The van der Waals surface area contributed by atoms with E-state index < -0.39 is 21.6 Å². The van der Waals surface area contributed by atoms with E-state index in [2.05, 4.69) is 243 Å². The van der Waals surface area contributed by atoms with Gasteiger partial charge in [-0.3, -0.25) is 0 Å². The molecule has 0 unspecified atom stereocenters. The molecule has 75 heavy (non-hydrogen) atoms. The predicted octanol–water partition coefficient (Wildman–Crippen LogP) is 16.4. The highest BCUT2D eigenvalue weighted by Gasteiger charge is 2.52. The third-order valence-corrected chi connectivity index (χ3v) is 29.7. The van der Waals surface area contributed by atoms with Crippen LogP contribution in [-0.4, -0.2) is 16.1 Å². The van der Waals surface area contributed by atoms with Crippen molar-refractivity contribution in [3.05, 3.63) is 263 Å². The first kappa shape index (κ1) is 43.5. The average Bonchev–Trinajstić information content (AvgIpc) is 4.44. The van der Waals surface area contributed by atoms with Crippen LogP contribution in [0, 0.1) is 0 Å². The molecule has 0 atom stereocenters. The molecule has 2 fully saturated rings. The van der Waals surface area contributed by atoms with Crippen LogP contribution in [0.15, 0.2) is 218 Å². The summed E-state index contributed by atoms with van der Waals surface area (Å²) >= 11 is 0. The van der Waals surface area contributed by atoms with E-state index in [4.69, 9.17) is 0 Å². The maximum atomic E-state index is 2.51. The molecule has 0 radical (unpaired) electrons. The van der Waals surface area contributed by atoms with E-state index in [1.54, 1.807) is 20.7 Å². The van der Waals surface area contributed by atoms with Crippen LogP contribution in [0.3, 0.4) is 0 Å². The van der Waals surface area contributed by atoms with Gasteiger partial charge in [-0.1, -0.05) is 244 Å². The summed E-state index contributed by atoms with van der Waals surface area (Å²) in [6, 6.07) is 90.1. The van der Waals surface area contributed by atoms with Crippen LogP contribution in [0.2, 0.25) is 24.2 Å². The molecule has 0 saturated carbocycles. The van der Waals surface area contributed by atoms with E-state index in [0.717, 1.165) is 0 Å². The van der Waals surface area contributed by atoms with E-state index >= 15 is 0 Å². The number of rotatable bonds is 6. The highest BCUT2D eigenvalue weighted by molar-refractivity contribution is 7.06. The van der Waals surface area contributed by atoms with E-state index in [1.807, 2.05) is 0 Å². The van der Waals surface area contributed by atoms with Crippen LogP contribution < -0.4 is 20.7 Å². The van der Waals surface area contributed by atoms with Gasteiger partial charge in [0.1, 0.15) is 16.1 Å². The Hall–Kier alpha value is -7.89. The van der Waals surface area contributed by atoms with Gasteiger partial charge in [0.25, 0.3) is 0 Å². The molecule has 4 heterocycles. The first-order valence-electron chi connectivity index (χ1n) is 27.6. The summed E-state index contributed by atoms with van der Waals surface area (Å²) < 4.78 is 0. The van der Waals surface area contributed by atoms with Crippen LogP contribution in [-0.2, 0) is 5.41 Å². The molecule has 10 aromatic rings. The molecule has 16 rings (SSSR count). The molecule has 10 aromatic carbocycles. The lowest BCUT2D eigenvalue weighted by molar-refractivity contribution is 0.793. The average molecular weight is 989 g/mol. The van der Waals surface area contributed by atoms with Gasteiger partial charge >= 0.3 is 0 Å². The summed E-state index contributed by atoms with van der Waals surface area (Å²) in [7, 11) is -3.22. The van der Waals surface area contributed by atoms with Crippen LogP contribution in [0.25, 0.3) is 91.1 Å². The predicted molar refractivity (Wildman–Crippen MR) is 323 cm³/mol. The fourth-order valence-electron chi connectivity index (χ4n) is 15.7. The number of hydrogen-bond donors (Lipinski definition) is 0. The van der Waals surface area contributed by atoms with Crippen molar-refractivity contribution in [3.63, 3.8) is 0 Å². The Morgan fingerprint density at radius 3 is 1.03 bits per heavy atom. The Kier molecular flexibility index (Phi) is 9.60. The van der Waals surface area contributed by atoms with E-state index in [9.17, 15) is 0 Å². The summed E-state index contributed by atoms with van der Waals surface area (Å²) in [5.74, 6) is 0. The Bertz CT molecular complexity index is 3790. The highest BCUT2D eigenvalue weighted by atomic mass is 28.3. The summed E-state index contributed by atoms with van der Waals surface area (Å²) in [5, 5.41) is 6.72. The van der Waals surface area contributed by atoms with Gasteiger partial charge in [0.2, 0.25) is 0 Å². The van der Waals surface area contributed by atoms with E-state index in [-0.39, 0.29) is 0 Å². The van der Waals surface area contributed by atoms with Gasteiger partial charge < -0.3 is 0 Å². The minimum atomic E-state index is -1.61. The smallest absolute Gasteiger partial charge is 0.0623 e. The molecule has 0 nitrogen and oxygen atoms in total. The zero-order valence-corrected chi connectivity index (χ0v) is 44.3. The highest BCUT2D eigenvalue weighted by Crippen LogP contribution is 2.63. The van der Waals surface area contributed by atoms with Crippen molar-refractivity contribution in [3.8, 4) is 66.8 Å². The van der Waals surface area contributed by atoms with Gasteiger partial charge in [0.05, 0.1) is 5.41 Å². The van der Waals surface area contributed by atoms with Gasteiger partial charge in [-0.2, -0.15) is 0 Å². The molecule has 3 spiro atoms. The molecule has 2 heteroatoms. The SMILES string of the molecule is C(=C\c1ccc2c(c1)C1(c3ccccc3-c3ccccc31)c1cc(/C=C/c3ccc(-c4ccc5c(c4)-c4ccccc4[Si]54CCCC4)cc3)ccc1-2)/c1ccc(-c2ccc3c(c2)-c2ccccc2[Si]32CCCC2)cc1. The second-order valence-corrected chi connectivity index (χ2v) is 31.0. The van der Waals surface area contributed by atoms with Crippen LogP contribution >= 0.6 is 0 Å². The summed E-state index contributed by atoms with van der Waals surface area (Å²) in [4.78, 5) is 0. The maximum Gasteiger partial charge on any atom is 0.119 e. The lowest BCUT2D eigenvalue weighted by Gasteiger charge is -2.30. The molecule has 4 aliphatic heterocycles. The van der Waals surface area contributed by atoms with Crippen molar-refractivity contribution >= 4 is 61.2 Å². The Morgan fingerprint density at radius 2 is 0.587 bits per heavy atom. The molecule has 0 N–H and O–H groups in total. The minimum Gasteiger partial charge on any atom is -0.0623 e. The van der Waals surface area contributed by atoms with E-state index in [0.29, 0.717) is 0 Å². The van der Waals surface area contributed by atoms with Crippen LogP contribution in [0.4, 0.5) is 0 Å². The molecular formula is C73H56Si2. The standard InChI is InChI=1S/C73H56Si2/c1-5-17-65-57(13-1)58-14-2-6-18-66(58)73(65)67-45-51(23-21-49-25-31-53(32-26-49)55-35-39-71-63(47-55)61-15-3-7-19-69(61)74(71)41-9-10-42-74)29-37-59(67)60-38-30-52(46-68(60)73)24-22-50-27-33-54(34-28-50)56-36-40-72-64(48-56)62-16-4-8-20-70(62)75(72)43-11-12-44-75/h1-8,13-40,45-48H,9-12,41-44H2/b23-21+,24-22+. The number of hydrogen-bond acceptors (Lipinski definition) is 0. The summed E-state index contributed by atoms with van der Waals surface area (Å²) in [6.45, 7) is 0. The molecule has 2 aliphatic carbocycles. The van der Waals surface area contributed by atoms with Crippen molar-refractivity contribution in [1.82, 2.24) is 0 Å². The Labute approximate surface area is 443 Å². The first-order valence-corrected chi connectivity index (χ1v) is 32.5. The van der Waals surface area contributed by atoms with Crippen molar-refractivity contribution in [2.45, 2.75) is 55.3 Å². The van der Waals surface area contributed by atoms with Gasteiger partial charge in [-0.05, 0) is 180 Å². The van der Waals surface area contributed by atoms with Crippen molar-refractivity contribution in [1.29, 1.82) is 0 Å². The zero-order chi connectivity index (χ0) is 49.3. The molecule has 6 aliphatic rings. The normalized spacial score (nSPS) is 16.9. The van der Waals surface area contributed by atoms with Gasteiger partial charge in [0, 0.05) is 0 Å².